The average molecular weight is 247 g/mol. The van der Waals surface area contributed by atoms with E-state index in [0.29, 0.717) is 19.1 Å². The van der Waals surface area contributed by atoms with Crippen molar-refractivity contribution < 1.29 is 9.53 Å². The first kappa shape index (κ1) is 13.1. The first-order valence-electron chi connectivity index (χ1n) is 6.56. The second-order valence-corrected chi connectivity index (χ2v) is 5.29. The summed E-state index contributed by atoms with van der Waals surface area (Å²) in [6.07, 6.45) is 1.82. The molecule has 98 valence electrons. The molecule has 18 heavy (non-hydrogen) atoms. The van der Waals surface area contributed by atoms with Crippen LogP contribution in [-0.4, -0.2) is 19.1 Å². The van der Waals surface area contributed by atoms with Gasteiger partial charge in [0.25, 0.3) is 0 Å². The fourth-order valence-electron chi connectivity index (χ4n) is 2.64. The highest BCUT2D eigenvalue weighted by atomic mass is 16.5. The minimum Gasteiger partial charge on any atom is -0.466 e. The molecule has 2 unspecified atom stereocenters. The van der Waals surface area contributed by atoms with Crippen LogP contribution in [0.2, 0.25) is 0 Å². The SMILES string of the molecule is CCOC(=O)C(C)(CN)CC1Cc2ccccc21. The molecule has 1 aliphatic rings. The van der Waals surface area contributed by atoms with Gasteiger partial charge in [-0.2, -0.15) is 0 Å². The number of carbonyl (C=O) groups is 1. The number of hydrogen-bond donors (Lipinski definition) is 1. The van der Waals surface area contributed by atoms with Gasteiger partial charge in [0.2, 0.25) is 0 Å². The lowest BCUT2D eigenvalue weighted by Crippen LogP contribution is -2.40. The van der Waals surface area contributed by atoms with E-state index >= 15 is 0 Å². The average Bonchev–Trinajstić information content (AvgIpc) is 2.36. The van der Waals surface area contributed by atoms with Crippen molar-refractivity contribution >= 4 is 5.97 Å². The Morgan fingerprint density at radius 1 is 1.50 bits per heavy atom. The van der Waals surface area contributed by atoms with Crippen LogP contribution in [0.4, 0.5) is 0 Å². The van der Waals surface area contributed by atoms with Crippen LogP contribution < -0.4 is 5.73 Å². The van der Waals surface area contributed by atoms with Crippen LogP contribution in [0.5, 0.6) is 0 Å². The van der Waals surface area contributed by atoms with Crippen molar-refractivity contribution in [2.45, 2.75) is 32.6 Å². The summed E-state index contributed by atoms with van der Waals surface area (Å²) in [6.45, 7) is 4.49. The van der Waals surface area contributed by atoms with Gasteiger partial charge in [0.15, 0.2) is 0 Å². The first-order valence-corrected chi connectivity index (χ1v) is 6.56. The molecule has 0 aliphatic heterocycles. The van der Waals surface area contributed by atoms with Crippen LogP contribution >= 0.6 is 0 Å². The Balaban J connectivity index is 2.07. The van der Waals surface area contributed by atoms with Crippen molar-refractivity contribution in [1.29, 1.82) is 0 Å². The Hall–Kier alpha value is -1.35. The summed E-state index contributed by atoms with van der Waals surface area (Å²) in [6, 6.07) is 8.40. The molecule has 0 aromatic heterocycles. The van der Waals surface area contributed by atoms with Gasteiger partial charge in [0, 0.05) is 6.54 Å². The van der Waals surface area contributed by atoms with Crippen LogP contribution in [0.15, 0.2) is 24.3 Å². The molecule has 3 heteroatoms. The summed E-state index contributed by atoms with van der Waals surface area (Å²) in [5, 5.41) is 0. The minimum absolute atomic E-state index is 0.170. The summed E-state index contributed by atoms with van der Waals surface area (Å²) >= 11 is 0. The van der Waals surface area contributed by atoms with Crippen molar-refractivity contribution in [2.24, 2.45) is 11.1 Å². The summed E-state index contributed by atoms with van der Waals surface area (Å²) in [5.41, 5.74) is 7.98. The fraction of sp³-hybridized carbons (Fsp3) is 0.533. The maximum Gasteiger partial charge on any atom is 0.313 e. The molecule has 0 spiro atoms. The summed E-state index contributed by atoms with van der Waals surface area (Å²) < 4.78 is 5.14. The highest BCUT2D eigenvalue weighted by Crippen LogP contribution is 2.42. The maximum absolute atomic E-state index is 12.0. The van der Waals surface area contributed by atoms with Gasteiger partial charge >= 0.3 is 5.97 Å². The highest BCUT2D eigenvalue weighted by molar-refractivity contribution is 5.77. The van der Waals surface area contributed by atoms with Crippen LogP contribution in [0, 0.1) is 5.41 Å². The normalized spacial score (nSPS) is 20.5. The number of ether oxygens (including phenoxy) is 1. The monoisotopic (exact) mass is 247 g/mol. The molecule has 2 rings (SSSR count). The third kappa shape index (κ3) is 2.27. The lowest BCUT2D eigenvalue weighted by atomic mass is 9.69. The molecule has 1 aromatic rings. The van der Waals surface area contributed by atoms with Gasteiger partial charge < -0.3 is 10.5 Å². The predicted molar refractivity (Wildman–Crippen MR) is 71.3 cm³/mol. The zero-order chi connectivity index (χ0) is 13.2. The largest absolute Gasteiger partial charge is 0.466 e. The Kier molecular flexibility index (Phi) is 3.71. The van der Waals surface area contributed by atoms with Gasteiger partial charge in [0.1, 0.15) is 0 Å². The van der Waals surface area contributed by atoms with E-state index in [9.17, 15) is 4.79 Å². The second kappa shape index (κ2) is 5.11. The third-order valence-corrected chi connectivity index (χ3v) is 3.88. The van der Waals surface area contributed by atoms with Gasteiger partial charge in [-0.15, -0.1) is 0 Å². The topological polar surface area (TPSA) is 52.3 Å². The number of nitrogens with two attached hydrogens (primary N) is 1. The van der Waals surface area contributed by atoms with Crippen LogP contribution in [0.3, 0.4) is 0 Å². The van der Waals surface area contributed by atoms with Crippen molar-refractivity contribution in [3.8, 4) is 0 Å². The van der Waals surface area contributed by atoms with E-state index in [1.54, 1.807) is 0 Å². The lowest BCUT2D eigenvalue weighted by molar-refractivity contribution is -0.154. The molecule has 0 amide bonds. The fourth-order valence-corrected chi connectivity index (χ4v) is 2.64. The first-order chi connectivity index (χ1) is 8.60. The van der Waals surface area contributed by atoms with E-state index in [-0.39, 0.29) is 5.97 Å². The third-order valence-electron chi connectivity index (χ3n) is 3.88. The number of carbonyl (C=O) groups excluding carboxylic acids is 1. The lowest BCUT2D eigenvalue weighted by Gasteiger charge is -2.36. The molecule has 3 nitrogen and oxygen atoms in total. The molecule has 2 N–H and O–H groups in total. The Morgan fingerprint density at radius 3 is 2.83 bits per heavy atom. The molecule has 1 aliphatic carbocycles. The molecular formula is C15H21NO2. The Bertz CT molecular complexity index is 444. The van der Waals surface area contributed by atoms with E-state index < -0.39 is 5.41 Å². The molecular weight excluding hydrogens is 226 g/mol. The van der Waals surface area contributed by atoms with E-state index in [0.717, 1.165) is 12.8 Å². The number of benzene rings is 1. The molecule has 1 aromatic carbocycles. The van der Waals surface area contributed by atoms with Gasteiger partial charge in [0.05, 0.1) is 12.0 Å². The molecule has 0 saturated carbocycles. The smallest absolute Gasteiger partial charge is 0.313 e. The quantitative estimate of drug-likeness (QED) is 0.812. The number of fused-ring (bicyclic) bond motifs is 1. The van der Waals surface area contributed by atoms with Crippen molar-refractivity contribution in [3.05, 3.63) is 35.4 Å². The maximum atomic E-state index is 12.0. The summed E-state index contributed by atoms with van der Waals surface area (Å²) in [4.78, 5) is 12.0. The number of rotatable bonds is 5. The van der Waals surface area contributed by atoms with E-state index in [2.05, 4.69) is 24.3 Å². The molecule has 0 bridgehead atoms. The summed E-state index contributed by atoms with van der Waals surface area (Å²) in [7, 11) is 0. The highest BCUT2D eigenvalue weighted by Gasteiger charge is 2.39. The van der Waals surface area contributed by atoms with Crippen LogP contribution in [0.25, 0.3) is 0 Å². The van der Waals surface area contributed by atoms with Gasteiger partial charge in [-0.25, -0.2) is 0 Å². The second-order valence-electron chi connectivity index (χ2n) is 5.29. The van der Waals surface area contributed by atoms with Gasteiger partial charge in [-0.1, -0.05) is 24.3 Å². The van der Waals surface area contributed by atoms with Crippen molar-refractivity contribution in [1.82, 2.24) is 0 Å². The van der Waals surface area contributed by atoms with Crippen molar-refractivity contribution in [3.63, 3.8) is 0 Å². The molecule has 0 saturated heterocycles. The minimum atomic E-state index is -0.561. The Labute approximate surface area is 108 Å². The van der Waals surface area contributed by atoms with Gasteiger partial charge in [-0.3, -0.25) is 4.79 Å². The molecule has 2 atom stereocenters. The molecule has 0 radical (unpaired) electrons. The summed E-state index contributed by atoms with van der Waals surface area (Å²) in [5.74, 6) is 0.274. The predicted octanol–water partition coefficient (Wildman–Crippen LogP) is 2.24. The molecule has 0 fully saturated rings. The van der Waals surface area contributed by atoms with Gasteiger partial charge in [-0.05, 0) is 43.7 Å². The van der Waals surface area contributed by atoms with E-state index in [1.165, 1.54) is 11.1 Å². The zero-order valence-corrected chi connectivity index (χ0v) is 11.1. The zero-order valence-electron chi connectivity index (χ0n) is 11.1. The van der Waals surface area contributed by atoms with Crippen LogP contribution in [-0.2, 0) is 16.0 Å². The van der Waals surface area contributed by atoms with Crippen molar-refractivity contribution in [2.75, 3.05) is 13.2 Å². The van der Waals surface area contributed by atoms with Crippen LogP contribution in [0.1, 0.15) is 37.3 Å². The molecule has 0 heterocycles. The Morgan fingerprint density at radius 2 is 2.22 bits per heavy atom. The number of hydrogen-bond acceptors (Lipinski definition) is 3. The standard InChI is InChI=1S/C15H21NO2/c1-3-18-14(17)15(2,10-16)9-12-8-11-6-4-5-7-13(11)12/h4-7,12H,3,8-10,16H2,1-2H3. The van der Waals surface area contributed by atoms with E-state index in [4.69, 9.17) is 10.5 Å². The van der Waals surface area contributed by atoms with E-state index in [1.807, 2.05) is 13.8 Å². The number of esters is 1.